The fourth-order valence-corrected chi connectivity index (χ4v) is 5.90. The summed E-state index contributed by atoms with van der Waals surface area (Å²) in [5, 5.41) is 0. The van der Waals surface area contributed by atoms with Gasteiger partial charge in [0.05, 0.1) is 17.3 Å². The first-order chi connectivity index (χ1) is 12.2. The number of benzene rings is 1. The average Bonchev–Trinajstić information content (AvgIpc) is 3.07. The normalized spacial score (nSPS) is 19.0. The third-order valence-corrected chi connectivity index (χ3v) is 7.36. The van der Waals surface area contributed by atoms with E-state index in [-0.39, 0.29) is 29.1 Å². The van der Waals surface area contributed by atoms with E-state index in [1.807, 2.05) is 18.4 Å². The lowest BCUT2D eigenvalue weighted by Crippen LogP contribution is -2.14. The van der Waals surface area contributed by atoms with Gasteiger partial charge in [-0.1, -0.05) is 0 Å². The highest BCUT2D eigenvalue weighted by atomic mass is 32.2. The Bertz CT molecular complexity index is 967. The molecule has 0 bridgehead atoms. The van der Waals surface area contributed by atoms with Crippen LogP contribution in [0.3, 0.4) is 0 Å². The first-order valence-electron chi connectivity index (χ1n) is 8.18. The van der Waals surface area contributed by atoms with Crippen molar-refractivity contribution in [2.75, 3.05) is 17.3 Å². The van der Waals surface area contributed by atoms with Gasteiger partial charge in [0, 0.05) is 27.9 Å². The maximum atomic E-state index is 13.3. The molecule has 1 atom stereocenters. The molecule has 140 valence electrons. The van der Waals surface area contributed by atoms with E-state index in [2.05, 4.69) is 0 Å². The van der Waals surface area contributed by atoms with Crippen LogP contribution in [-0.2, 0) is 9.84 Å². The summed E-state index contributed by atoms with van der Waals surface area (Å²) in [5.41, 5.74) is 2.15. The van der Waals surface area contributed by atoms with Crippen molar-refractivity contribution in [3.63, 3.8) is 0 Å². The van der Waals surface area contributed by atoms with Crippen molar-refractivity contribution in [3.05, 3.63) is 52.9 Å². The van der Waals surface area contributed by atoms with Crippen molar-refractivity contribution in [2.24, 2.45) is 0 Å². The molecule has 0 spiro atoms. The summed E-state index contributed by atoms with van der Waals surface area (Å²) in [5.74, 6) is -1.62. The predicted molar refractivity (Wildman–Crippen MR) is 97.6 cm³/mol. The van der Waals surface area contributed by atoms with Crippen molar-refractivity contribution >= 4 is 27.4 Å². The first kappa shape index (κ1) is 19.1. The van der Waals surface area contributed by atoms with E-state index in [0.29, 0.717) is 16.9 Å². The Hall–Kier alpha value is -1.67. The number of hydrogen-bond acceptors (Lipinski definition) is 4. The summed E-state index contributed by atoms with van der Waals surface area (Å²) >= 11 is 1.14. The molecule has 2 heterocycles. The van der Waals surface area contributed by atoms with Gasteiger partial charge in [-0.3, -0.25) is 4.79 Å². The summed E-state index contributed by atoms with van der Waals surface area (Å²) in [6.45, 7) is 3.67. The van der Waals surface area contributed by atoms with Gasteiger partial charge in [0.2, 0.25) is 0 Å². The van der Waals surface area contributed by atoms with Crippen LogP contribution < -0.4 is 0 Å². The minimum Gasteiger partial charge on any atom is -0.344 e. The van der Waals surface area contributed by atoms with Gasteiger partial charge in [-0.2, -0.15) is 0 Å². The summed E-state index contributed by atoms with van der Waals surface area (Å²) in [6, 6.07) is 5.17. The molecule has 1 fully saturated rings. The maximum Gasteiger partial charge on any atom is 0.174 e. The molecule has 8 heteroatoms. The molecule has 1 aliphatic rings. The van der Waals surface area contributed by atoms with E-state index in [1.165, 1.54) is 6.07 Å². The zero-order valence-corrected chi connectivity index (χ0v) is 16.1. The van der Waals surface area contributed by atoms with Crippen LogP contribution in [0.2, 0.25) is 0 Å². The van der Waals surface area contributed by atoms with Crippen LogP contribution in [0, 0.1) is 25.5 Å². The molecule has 4 nitrogen and oxygen atoms in total. The number of Topliss-reactive ketones (excluding diaryl/α,β-unsaturated/α-hetero) is 1. The van der Waals surface area contributed by atoms with Crippen LogP contribution in [0.4, 0.5) is 8.78 Å². The Kier molecular flexibility index (Phi) is 5.25. The minimum atomic E-state index is -3.02. The standard InChI is InChI=1S/C18H19F2NO3S2/c1-11-7-15(12(2)21(11)13-5-6-26(23,24)10-13)18(22)9-25-14-3-4-16(19)17(20)8-14/h3-4,7-8,13H,5-6,9-10H2,1-2H3/t13-/m1/s1. The smallest absolute Gasteiger partial charge is 0.174 e. The second kappa shape index (κ2) is 7.15. The summed E-state index contributed by atoms with van der Waals surface area (Å²) < 4.78 is 51.7. The Labute approximate surface area is 155 Å². The number of thioether (sulfide) groups is 1. The second-order valence-electron chi connectivity index (χ2n) is 6.50. The second-order valence-corrected chi connectivity index (χ2v) is 9.78. The molecule has 0 N–H and O–H groups in total. The highest BCUT2D eigenvalue weighted by Crippen LogP contribution is 2.30. The monoisotopic (exact) mass is 399 g/mol. The van der Waals surface area contributed by atoms with Gasteiger partial charge in [0.25, 0.3) is 0 Å². The molecule has 26 heavy (non-hydrogen) atoms. The molecule has 1 aromatic carbocycles. The molecule has 0 radical (unpaired) electrons. The molecule has 1 saturated heterocycles. The maximum absolute atomic E-state index is 13.3. The molecular formula is C18H19F2NO3S2. The molecule has 2 aromatic rings. The molecule has 3 rings (SSSR count). The van der Waals surface area contributed by atoms with Crippen molar-refractivity contribution in [3.8, 4) is 0 Å². The lowest BCUT2D eigenvalue weighted by molar-refractivity contribution is 0.102. The van der Waals surface area contributed by atoms with E-state index in [1.54, 1.807) is 6.07 Å². The zero-order chi connectivity index (χ0) is 19.1. The van der Waals surface area contributed by atoms with Crippen LogP contribution in [-0.4, -0.2) is 36.0 Å². The Morgan fingerprint density at radius 3 is 2.58 bits per heavy atom. The third-order valence-electron chi connectivity index (χ3n) is 4.62. The van der Waals surface area contributed by atoms with Crippen LogP contribution in [0.15, 0.2) is 29.2 Å². The van der Waals surface area contributed by atoms with Crippen molar-refractivity contribution in [2.45, 2.75) is 31.2 Å². The molecule has 0 unspecified atom stereocenters. The molecular weight excluding hydrogens is 380 g/mol. The Balaban J connectivity index is 1.76. The van der Waals surface area contributed by atoms with E-state index in [9.17, 15) is 22.0 Å². The lowest BCUT2D eigenvalue weighted by atomic mass is 10.2. The number of halogens is 2. The van der Waals surface area contributed by atoms with Gasteiger partial charge in [0.1, 0.15) is 0 Å². The molecule has 0 saturated carbocycles. The zero-order valence-electron chi connectivity index (χ0n) is 14.5. The summed E-state index contributed by atoms with van der Waals surface area (Å²) in [7, 11) is -3.02. The lowest BCUT2D eigenvalue weighted by Gasteiger charge is -2.16. The van der Waals surface area contributed by atoms with Crippen molar-refractivity contribution < 1.29 is 22.0 Å². The van der Waals surface area contributed by atoms with E-state index >= 15 is 0 Å². The van der Waals surface area contributed by atoms with Crippen LogP contribution >= 0.6 is 11.8 Å². The summed E-state index contributed by atoms with van der Waals surface area (Å²) in [6.07, 6.45) is 0.552. The van der Waals surface area contributed by atoms with Gasteiger partial charge in [-0.15, -0.1) is 11.8 Å². The van der Waals surface area contributed by atoms with E-state index in [4.69, 9.17) is 0 Å². The summed E-state index contributed by atoms with van der Waals surface area (Å²) in [4.78, 5) is 13.1. The van der Waals surface area contributed by atoms with Gasteiger partial charge in [0.15, 0.2) is 27.3 Å². The van der Waals surface area contributed by atoms with E-state index < -0.39 is 21.5 Å². The Morgan fingerprint density at radius 2 is 1.96 bits per heavy atom. The highest BCUT2D eigenvalue weighted by molar-refractivity contribution is 8.00. The fraction of sp³-hybridized carbons (Fsp3) is 0.389. The van der Waals surface area contributed by atoms with Crippen LogP contribution in [0.5, 0.6) is 0 Å². The minimum absolute atomic E-state index is 0.0956. The molecule has 1 aliphatic heterocycles. The van der Waals surface area contributed by atoms with Gasteiger partial charge < -0.3 is 4.57 Å². The third kappa shape index (κ3) is 3.86. The SMILES string of the molecule is Cc1cc(C(=O)CSc2ccc(F)c(F)c2)c(C)n1[C@@H]1CCS(=O)(=O)C1. The predicted octanol–water partition coefficient (Wildman–Crippen LogP) is 3.72. The molecule has 0 amide bonds. The van der Waals surface area contributed by atoms with E-state index in [0.717, 1.165) is 35.3 Å². The number of rotatable bonds is 5. The average molecular weight is 399 g/mol. The van der Waals surface area contributed by atoms with Crippen molar-refractivity contribution in [1.82, 2.24) is 4.57 Å². The largest absolute Gasteiger partial charge is 0.344 e. The van der Waals surface area contributed by atoms with Crippen LogP contribution in [0.1, 0.15) is 34.2 Å². The quantitative estimate of drug-likeness (QED) is 0.568. The Morgan fingerprint density at radius 1 is 1.23 bits per heavy atom. The van der Waals surface area contributed by atoms with Gasteiger partial charge in [-0.05, 0) is 44.5 Å². The first-order valence-corrected chi connectivity index (χ1v) is 11.0. The van der Waals surface area contributed by atoms with Gasteiger partial charge in [-0.25, -0.2) is 17.2 Å². The number of ketones is 1. The number of sulfone groups is 1. The van der Waals surface area contributed by atoms with Crippen molar-refractivity contribution in [1.29, 1.82) is 0 Å². The number of carbonyl (C=O) groups excluding carboxylic acids is 1. The van der Waals surface area contributed by atoms with Gasteiger partial charge >= 0.3 is 0 Å². The fourth-order valence-electron chi connectivity index (χ4n) is 3.39. The molecule has 1 aromatic heterocycles. The number of aromatic nitrogens is 1. The number of hydrogen-bond donors (Lipinski definition) is 0. The number of nitrogens with zero attached hydrogens (tertiary/aromatic N) is 1. The van der Waals surface area contributed by atoms with Crippen LogP contribution in [0.25, 0.3) is 0 Å². The molecule has 0 aliphatic carbocycles. The highest BCUT2D eigenvalue weighted by Gasteiger charge is 2.31. The topological polar surface area (TPSA) is 56.1 Å². The number of carbonyl (C=O) groups is 1. The number of aryl methyl sites for hydroxylation is 1.